The van der Waals surface area contributed by atoms with E-state index in [0.717, 1.165) is 19.4 Å². The van der Waals surface area contributed by atoms with Gasteiger partial charge in [-0.3, -0.25) is 0 Å². The Balaban J connectivity index is 2.12. The molecule has 0 aliphatic rings. The standard InChI is InChI=1S/C13H21NO/c1-12-8-4-5-9-13(12)14-10-6-2-3-7-11-15/h4-5,8-9,14-15H,2-3,6-7,10-11H2,1H3. The number of hydrogen-bond acceptors (Lipinski definition) is 2. The number of para-hydroxylation sites is 1. The van der Waals surface area contributed by atoms with Gasteiger partial charge in [0.1, 0.15) is 0 Å². The lowest BCUT2D eigenvalue weighted by Crippen LogP contribution is -2.02. The van der Waals surface area contributed by atoms with E-state index in [1.165, 1.54) is 24.1 Å². The van der Waals surface area contributed by atoms with Crippen molar-refractivity contribution in [3.8, 4) is 0 Å². The maximum atomic E-state index is 8.62. The first-order chi connectivity index (χ1) is 7.34. The maximum Gasteiger partial charge on any atom is 0.0431 e. The summed E-state index contributed by atoms with van der Waals surface area (Å²) in [7, 11) is 0. The monoisotopic (exact) mass is 207 g/mol. The van der Waals surface area contributed by atoms with Gasteiger partial charge in [0, 0.05) is 18.8 Å². The number of rotatable bonds is 7. The zero-order valence-electron chi connectivity index (χ0n) is 9.50. The third-order valence-electron chi connectivity index (χ3n) is 2.55. The average Bonchev–Trinajstić information content (AvgIpc) is 2.25. The molecule has 0 saturated carbocycles. The number of aliphatic hydroxyl groups excluding tert-OH is 1. The molecule has 0 aliphatic carbocycles. The molecule has 0 fully saturated rings. The van der Waals surface area contributed by atoms with Gasteiger partial charge in [-0.05, 0) is 31.4 Å². The molecule has 84 valence electrons. The van der Waals surface area contributed by atoms with Crippen LogP contribution in [0.1, 0.15) is 31.2 Å². The Morgan fingerprint density at radius 2 is 1.80 bits per heavy atom. The summed E-state index contributed by atoms with van der Waals surface area (Å²) in [4.78, 5) is 0. The molecule has 2 N–H and O–H groups in total. The molecule has 0 heterocycles. The van der Waals surface area contributed by atoms with Crippen molar-refractivity contribution in [1.82, 2.24) is 0 Å². The number of nitrogens with one attached hydrogen (secondary N) is 1. The highest BCUT2D eigenvalue weighted by Crippen LogP contribution is 2.13. The molecule has 0 radical (unpaired) electrons. The maximum absolute atomic E-state index is 8.62. The normalized spacial score (nSPS) is 10.3. The summed E-state index contributed by atoms with van der Waals surface area (Å²) in [6.45, 7) is 3.47. The Bertz CT molecular complexity index is 273. The molecule has 15 heavy (non-hydrogen) atoms. The summed E-state index contributed by atoms with van der Waals surface area (Å²) in [5.74, 6) is 0. The van der Waals surface area contributed by atoms with Crippen molar-refractivity contribution in [1.29, 1.82) is 0 Å². The summed E-state index contributed by atoms with van der Waals surface area (Å²) in [6.07, 6.45) is 4.43. The lowest BCUT2D eigenvalue weighted by molar-refractivity contribution is 0.283. The smallest absolute Gasteiger partial charge is 0.0431 e. The minimum Gasteiger partial charge on any atom is -0.396 e. The zero-order chi connectivity index (χ0) is 10.9. The van der Waals surface area contributed by atoms with Crippen molar-refractivity contribution in [2.75, 3.05) is 18.5 Å². The van der Waals surface area contributed by atoms with Gasteiger partial charge in [-0.1, -0.05) is 31.0 Å². The molecule has 2 nitrogen and oxygen atoms in total. The number of benzene rings is 1. The van der Waals surface area contributed by atoms with Gasteiger partial charge in [0.05, 0.1) is 0 Å². The third kappa shape index (κ3) is 4.84. The van der Waals surface area contributed by atoms with Crippen molar-refractivity contribution >= 4 is 5.69 Å². The fraction of sp³-hybridized carbons (Fsp3) is 0.538. The predicted molar refractivity (Wildman–Crippen MR) is 65.2 cm³/mol. The Hall–Kier alpha value is -1.02. The Kier molecular flexibility index (Phi) is 5.86. The van der Waals surface area contributed by atoms with Crippen molar-refractivity contribution < 1.29 is 5.11 Å². The van der Waals surface area contributed by atoms with Gasteiger partial charge in [-0.15, -0.1) is 0 Å². The number of hydrogen-bond donors (Lipinski definition) is 2. The number of anilines is 1. The molecule has 1 rings (SSSR count). The van der Waals surface area contributed by atoms with Gasteiger partial charge in [-0.25, -0.2) is 0 Å². The fourth-order valence-electron chi connectivity index (χ4n) is 1.58. The molecule has 0 bridgehead atoms. The molecule has 0 aliphatic heterocycles. The summed E-state index contributed by atoms with van der Waals surface area (Å²) in [6, 6.07) is 8.35. The number of unbranched alkanes of at least 4 members (excludes halogenated alkanes) is 3. The molecule has 2 heteroatoms. The zero-order valence-corrected chi connectivity index (χ0v) is 9.50. The molecule has 0 aromatic heterocycles. The van der Waals surface area contributed by atoms with Crippen molar-refractivity contribution in [3.63, 3.8) is 0 Å². The number of aliphatic hydroxyl groups is 1. The van der Waals surface area contributed by atoms with E-state index in [1.54, 1.807) is 0 Å². The molecule has 0 saturated heterocycles. The van der Waals surface area contributed by atoms with Crippen LogP contribution in [0.2, 0.25) is 0 Å². The van der Waals surface area contributed by atoms with Gasteiger partial charge in [0.2, 0.25) is 0 Å². The minimum atomic E-state index is 0.325. The average molecular weight is 207 g/mol. The van der Waals surface area contributed by atoms with Crippen LogP contribution in [0.25, 0.3) is 0 Å². The van der Waals surface area contributed by atoms with Crippen LogP contribution in [0.4, 0.5) is 5.69 Å². The van der Waals surface area contributed by atoms with E-state index < -0.39 is 0 Å². The number of aryl methyl sites for hydroxylation is 1. The molecule has 0 spiro atoms. The van der Waals surface area contributed by atoms with Crippen LogP contribution in [0.15, 0.2) is 24.3 Å². The molecule has 0 unspecified atom stereocenters. The van der Waals surface area contributed by atoms with E-state index >= 15 is 0 Å². The quantitative estimate of drug-likeness (QED) is 0.674. The van der Waals surface area contributed by atoms with E-state index in [0.29, 0.717) is 6.61 Å². The van der Waals surface area contributed by atoms with Crippen molar-refractivity contribution in [2.45, 2.75) is 32.6 Å². The topological polar surface area (TPSA) is 32.3 Å². The third-order valence-corrected chi connectivity index (χ3v) is 2.55. The van der Waals surface area contributed by atoms with Crippen LogP contribution in [0.5, 0.6) is 0 Å². The fourth-order valence-corrected chi connectivity index (χ4v) is 1.58. The molecule has 0 amide bonds. The highest BCUT2D eigenvalue weighted by atomic mass is 16.2. The molecule has 0 atom stereocenters. The van der Waals surface area contributed by atoms with Gasteiger partial charge in [0.25, 0.3) is 0 Å². The lowest BCUT2D eigenvalue weighted by atomic mass is 10.2. The minimum absolute atomic E-state index is 0.325. The van der Waals surface area contributed by atoms with E-state index in [9.17, 15) is 0 Å². The summed E-state index contributed by atoms with van der Waals surface area (Å²) >= 11 is 0. The molecule has 1 aromatic carbocycles. The van der Waals surface area contributed by atoms with Crippen molar-refractivity contribution in [2.24, 2.45) is 0 Å². The summed E-state index contributed by atoms with van der Waals surface area (Å²) in [5.41, 5.74) is 2.53. The van der Waals surface area contributed by atoms with Crippen LogP contribution in [-0.4, -0.2) is 18.3 Å². The van der Waals surface area contributed by atoms with E-state index in [4.69, 9.17) is 5.11 Å². The summed E-state index contributed by atoms with van der Waals surface area (Å²) in [5, 5.41) is 12.0. The van der Waals surface area contributed by atoms with Crippen LogP contribution in [0.3, 0.4) is 0 Å². The second-order valence-electron chi connectivity index (χ2n) is 3.88. The predicted octanol–water partition coefficient (Wildman–Crippen LogP) is 2.96. The van der Waals surface area contributed by atoms with Crippen LogP contribution >= 0.6 is 0 Å². The lowest BCUT2D eigenvalue weighted by Gasteiger charge is -2.08. The van der Waals surface area contributed by atoms with Gasteiger partial charge >= 0.3 is 0 Å². The first-order valence-corrected chi connectivity index (χ1v) is 5.75. The first-order valence-electron chi connectivity index (χ1n) is 5.75. The highest BCUT2D eigenvalue weighted by molar-refractivity contribution is 5.49. The van der Waals surface area contributed by atoms with Gasteiger partial charge in [0.15, 0.2) is 0 Å². The van der Waals surface area contributed by atoms with Crippen molar-refractivity contribution in [3.05, 3.63) is 29.8 Å². The molecule has 1 aromatic rings. The second-order valence-corrected chi connectivity index (χ2v) is 3.88. The molecular weight excluding hydrogens is 186 g/mol. The SMILES string of the molecule is Cc1ccccc1NCCCCCCO. The van der Waals surface area contributed by atoms with E-state index in [2.05, 4.69) is 36.5 Å². The molecular formula is C13H21NO. The first kappa shape index (κ1) is 12.1. The van der Waals surface area contributed by atoms with E-state index in [1.807, 2.05) is 0 Å². The summed E-state index contributed by atoms with van der Waals surface area (Å²) < 4.78 is 0. The van der Waals surface area contributed by atoms with Crippen LogP contribution in [0, 0.1) is 6.92 Å². The Morgan fingerprint density at radius 3 is 2.53 bits per heavy atom. The van der Waals surface area contributed by atoms with Gasteiger partial charge < -0.3 is 10.4 Å². The largest absolute Gasteiger partial charge is 0.396 e. The second kappa shape index (κ2) is 7.30. The Labute approximate surface area is 92.3 Å². The van der Waals surface area contributed by atoms with Crippen LogP contribution < -0.4 is 5.32 Å². The van der Waals surface area contributed by atoms with Crippen LogP contribution in [-0.2, 0) is 0 Å². The highest BCUT2D eigenvalue weighted by Gasteiger charge is 1.94. The Morgan fingerprint density at radius 1 is 1.07 bits per heavy atom. The van der Waals surface area contributed by atoms with E-state index in [-0.39, 0.29) is 0 Å². The van der Waals surface area contributed by atoms with Gasteiger partial charge in [-0.2, -0.15) is 0 Å².